The van der Waals surface area contributed by atoms with Gasteiger partial charge in [-0.15, -0.1) is 4.57 Å². The van der Waals surface area contributed by atoms with Crippen molar-refractivity contribution in [1.82, 2.24) is 0 Å². The lowest BCUT2D eigenvalue weighted by atomic mass is 9.48. The van der Waals surface area contributed by atoms with Crippen LogP contribution in [0.15, 0.2) is 33.6 Å². The topological polar surface area (TPSA) is 34.1 Å². The number of para-hydroxylation sites is 1. The van der Waals surface area contributed by atoms with Crippen molar-refractivity contribution in [3.63, 3.8) is 0 Å². The highest BCUT2D eigenvalue weighted by Gasteiger charge is 2.52. The Labute approximate surface area is 130 Å². The molecular weight excluding hydrogens is 274 g/mol. The van der Waals surface area contributed by atoms with Gasteiger partial charge in [0, 0.05) is 5.56 Å². The summed E-state index contributed by atoms with van der Waals surface area (Å²) in [4.78, 5) is 12.0. The molecule has 0 radical (unpaired) electrons. The van der Waals surface area contributed by atoms with E-state index in [9.17, 15) is 4.79 Å². The Hall–Kier alpha value is -1.64. The fraction of sp³-hybridized carbons (Fsp3) is 0.579. The maximum Gasteiger partial charge on any atom is 0.601 e. The molecule has 0 amide bonds. The molecule has 0 N–H and O–H groups in total. The van der Waals surface area contributed by atoms with Crippen LogP contribution in [0, 0.1) is 17.8 Å². The van der Waals surface area contributed by atoms with Crippen LogP contribution in [-0.2, 0) is 12.5 Å². The van der Waals surface area contributed by atoms with Crippen LogP contribution in [0.1, 0.15) is 44.1 Å². The third-order valence-electron chi connectivity index (χ3n) is 6.47. The second-order valence-electron chi connectivity index (χ2n) is 8.03. The molecule has 22 heavy (non-hydrogen) atoms. The molecule has 0 aliphatic heterocycles. The smallest absolute Gasteiger partial charge is 0.371 e. The minimum atomic E-state index is -0.260. The summed E-state index contributed by atoms with van der Waals surface area (Å²) in [6.07, 6.45) is 10.1. The van der Waals surface area contributed by atoms with Gasteiger partial charge >= 0.3 is 5.76 Å². The first kappa shape index (κ1) is 12.9. The standard InChI is InChI=1S/C19H22NO2/c1-20-11-15-3-2-4-16(17(15)22-18(20)21)19-8-12-5-13(9-19)7-14(6-12)10-19/h2-4,11-14H,5-10H2,1H3/q+1. The number of benzene rings is 1. The molecule has 6 rings (SSSR count). The lowest BCUT2D eigenvalue weighted by molar-refractivity contribution is -0.696. The van der Waals surface area contributed by atoms with Gasteiger partial charge in [-0.25, -0.2) is 0 Å². The molecule has 3 heteroatoms. The minimum Gasteiger partial charge on any atom is -0.371 e. The summed E-state index contributed by atoms with van der Waals surface area (Å²) in [6.45, 7) is 0. The van der Waals surface area contributed by atoms with Crippen LogP contribution in [0.4, 0.5) is 0 Å². The Kier molecular flexibility index (Phi) is 2.46. The van der Waals surface area contributed by atoms with E-state index in [-0.39, 0.29) is 11.2 Å². The molecule has 4 saturated carbocycles. The van der Waals surface area contributed by atoms with Gasteiger partial charge in [0.1, 0.15) is 7.05 Å². The van der Waals surface area contributed by atoms with Crippen molar-refractivity contribution >= 4 is 11.0 Å². The van der Waals surface area contributed by atoms with E-state index in [1.165, 1.54) is 48.7 Å². The summed E-state index contributed by atoms with van der Waals surface area (Å²) < 4.78 is 7.25. The molecular formula is C19H22NO2+. The highest BCUT2D eigenvalue weighted by atomic mass is 16.4. The van der Waals surface area contributed by atoms with E-state index in [2.05, 4.69) is 18.2 Å². The van der Waals surface area contributed by atoms with Crippen molar-refractivity contribution in [2.45, 2.75) is 43.9 Å². The molecule has 1 aromatic heterocycles. The van der Waals surface area contributed by atoms with E-state index in [0.717, 1.165) is 28.7 Å². The average Bonchev–Trinajstić information content (AvgIpc) is 2.46. The molecule has 1 aromatic carbocycles. The molecule has 0 unspecified atom stereocenters. The monoisotopic (exact) mass is 296 g/mol. The van der Waals surface area contributed by atoms with E-state index < -0.39 is 0 Å². The lowest BCUT2D eigenvalue weighted by Crippen LogP contribution is -2.49. The summed E-state index contributed by atoms with van der Waals surface area (Å²) in [6, 6.07) is 6.41. The van der Waals surface area contributed by atoms with Crippen molar-refractivity contribution in [3.8, 4) is 0 Å². The molecule has 3 nitrogen and oxygen atoms in total. The molecule has 4 aliphatic carbocycles. The van der Waals surface area contributed by atoms with E-state index >= 15 is 0 Å². The summed E-state index contributed by atoms with van der Waals surface area (Å²) in [7, 11) is 1.75. The van der Waals surface area contributed by atoms with Crippen LogP contribution in [0.5, 0.6) is 0 Å². The van der Waals surface area contributed by atoms with Gasteiger partial charge in [0.05, 0.1) is 5.39 Å². The number of rotatable bonds is 1. The van der Waals surface area contributed by atoms with Gasteiger partial charge in [0.2, 0.25) is 0 Å². The largest absolute Gasteiger partial charge is 0.601 e. The second-order valence-corrected chi connectivity index (χ2v) is 8.03. The number of hydrogen-bond acceptors (Lipinski definition) is 2. The van der Waals surface area contributed by atoms with Gasteiger partial charge in [-0.1, -0.05) is 12.1 Å². The second kappa shape index (κ2) is 4.21. The zero-order chi connectivity index (χ0) is 14.9. The number of hydrogen-bond donors (Lipinski definition) is 0. The Balaban J connectivity index is 1.74. The lowest BCUT2D eigenvalue weighted by Gasteiger charge is -2.57. The van der Waals surface area contributed by atoms with Crippen molar-refractivity contribution in [2.24, 2.45) is 24.8 Å². The van der Waals surface area contributed by atoms with Crippen molar-refractivity contribution < 1.29 is 8.98 Å². The van der Waals surface area contributed by atoms with E-state index in [1.807, 2.05) is 6.20 Å². The maximum absolute atomic E-state index is 12.0. The van der Waals surface area contributed by atoms with Crippen molar-refractivity contribution in [3.05, 3.63) is 40.5 Å². The summed E-state index contributed by atoms with van der Waals surface area (Å²) >= 11 is 0. The molecule has 0 spiro atoms. The molecule has 4 aliphatic rings. The number of nitrogens with zero attached hydrogens (tertiary/aromatic N) is 1. The van der Waals surface area contributed by atoms with Gasteiger partial charge < -0.3 is 4.42 Å². The van der Waals surface area contributed by atoms with Gasteiger partial charge in [-0.05, 0) is 67.8 Å². The van der Waals surface area contributed by atoms with Crippen LogP contribution in [0.25, 0.3) is 11.0 Å². The van der Waals surface area contributed by atoms with Gasteiger partial charge in [-0.3, -0.25) is 0 Å². The zero-order valence-corrected chi connectivity index (χ0v) is 13.0. The summed E-state index contributed by atoms with van der Waals surface area (Å²) in [5, 5.41) is 1.05. The van der Waals surface area contributed by atoms with Crippen LogP contribution >= 0.6 is 0 Å². The van der Waals surface area contributed by atoms with Crippen LogP contribution in [0.2, 0.25) is 0 Å². The van der Waals surface area contributed by atoms with Crippen molar-refractivity contribution in [1.29, 1.82) is 0 Å². The minimum absolute atomic E-state index is 0.260. The van der Waals surface area contributed by atoms with Gasteiger partial charge in [0.15, 0.2) is 11.8 Å². The normalized spacial score (nSPS) is 36.1. The zero-order valence-electron chi connectivity index (χ0n) is 13.0. The third-order valence-corrected chi connectivity index (χ3v) is 6.47. The predicted molar refractivity (Wildman–Crippen MR) is 83.5 cm³/mol. The first-order valence-electron chi connectivity index (χ1n) is 8.56. The fourth-order valence-corrected chi connectivity index (χ4v) is 6.05. The van der Waals surface area contributed by atoms with E-state index in [0.29, 0.717) is 0 Å². The summed E-state index contributed by atoms with van der Waals surface area (Å²) in [5.41, 5.74) is 2.42. The maximum atomic E-state index is 12.0. The molecule has 4 fully saturated rings. The first-order valence-corrected chi connectivity index (χ1v) is 8.56. The van der Waals surface area contributed by atoms with Crippen LogP contribution in [0.3, 0.4) is 0 Å². The molecule has 2 aromatic rings. The Bertz CT molecular complexity index is 785. The van der Waals surface area contributed by atoms with E-state index in [1.54, 1.807) is 7.05 Å². The van der Waals surface area contributed by atoms with Gasteiger partial charge in [0.25, 0.3) is 0 Å². The van der Waals surface area contributed by atoms with E-state index in [4.69, 9.17) is 4.42 Å². The quantitative estimate of drug-likeness (QED) is 0.758. The molecule has 114 valence electrons. The Morgan fingerprint density at radius 1 is 1.09 bits per heavy atom. The Morgan fingerprint density at radius 3 is 2.36 bits per heavy atom. The average molecular weight is 296 g/mol. The number of fused-ring (bicyclic) bond motifs is 1. The highest BCUT2D eigenvalue weighted by Crippen LogP contribution is 2.61. The fourth-order valence-electron chi connectivity index (χ4n) is 6.05. The first-order chi connectivity index (χ1) is 10.6. The van der Waals surface area contributed by atoms with Gasteiger partial charge in [-0.2, -0.15) is 4.79 Å². The molecule has 4 bridgehead atoms. The number of aromatic nitrogens is 1. The summed E-state index contributed by atoms with van der Waals surface area (Å²) in [5.74, 6) is 2.43. The van der Waals surface area contributed by atoms with Crippen molar-refractivity contribution in [2.75, 3.05) is 0 Å². The SMILES string of the molecule is C[n+]1cc2cccc(C34CC5CC(CC(C5)C3)C4)c2oc1=O. The third kappa shape index (κ3) is 1.68. The molecule has 1 heterocycles. The molecule has 0 atom stereocenters. The molecule has 0 saturated heterocycles. The number of aryl methyl sites for hydroxylation is 1. The highest BCUT2D eigenvalue weighted by molar-refractivity contribution is 5.79. The Morgan fingerprint density at radius 2 is 1.73 bits per heavy atom. The van der Waals surface area contributed by atoms with Crippen LogP contribution in [-0.4, -0.2) is 0 Å². The van der Waals surface area contributed by atoms with Crippen LogP contribution < -0.4 is 10.3 Å². The predicted octanol–water partition coefficient (Wildman–Crippen LogP) is 3.09.